The van der Waals surface area contributed by atoms with E-state index in [1.54, 1.807) is 6.07 Å². The third kappa shape index (κ3) is 7.43. The Bertz CT molecular complexity index is 520. The maximum absolute atomic E-state index is 13.2. The van der Waals surface area contributed by atoms with Gasteiger partial charge in [-0.25, -0.2) is 4.39 Å². The summed E-state index contributed by atoms with van der Waals surface area (Å²) < 4.78 is 13.2. The van der Waals surface area contributed by atoms with E-state index in [0.717, 1.165) is 25.9 Å². The molecule has 2 amide bonds. The molecule has 23 heavy (non-hydrogen) atoms. The highest BCUT2D eigenvalue weighted by molar-refractivity contribution is 6.30. The molecule has 0 saturated carbocycles. The molecule has 0 fully saturated rings. The summed E-state index contributed by atoms with van der Waals surface area (Å²) in [6.45, 7) is 3.83. The molecule has 1 atom stereocenters. The standard InChI is InChI=1S/C16H23ClFN3O2/c1-2-20-6-4-3-5-14(15(19)22)16(23)21-10-11-7-12(17)9-13(18)8-11/h7-9,14,20H,2-6,10H2,1H3,(H2,19,22)(H,21,23). The Morgan fingerprint density at radius 1 is 1.30 bits per heavy atom. The molecule has 0 spiro atoms. The van der Waals surface area contributed by atoms with E-state index in [2.05, 4.69) is 10.6 Å². The number of hydrogen-bond acceptors (Lipinski definition) is 3. The molecule has 1 aromatic carbocycles. The first-order valence-electron chi connectivity index (χ1n) is 7.66. The zero-order valence-electron chi connectivity index (χ0n) is 13.2. The van der Waals surface area contributed by atoms with Crippen LogP contribution in [0.25, 0.3) is 0 Å². The molecule has 1 rings (SSSR count). The molecule has 4 N–H and O–H groups in total. The average Bonchev–Trinajstić information content (AvgIpc) is 2.47. The number of primary amides is 1. The maximum atomic E-state index is 13.2. The topological polar surface area (TPSA) is 84.2 Å². The highest BCUT2D eigenvalue weighted by Crippen LogP contribution is 2.14. The van der Waals surface area contributed by atoms with Crippen molar-refractivity contribution in [1.29, 1.82) is 0 Å². The zero-order chi connectivity index (χ0) is 17.2. The minimum absolute atomic E-state index is 0.0947. The Morgan fingerprint density at radius 3 is 2.65 bits per heavy atom. The van der Waals surface area contributed by atoms with Gasteiger partial charge in [0.25, 0.3) is 0 Å². The van der Waals surface area contributed by atoms with Crippen LogP contribution < -0.4 is 16.4 Å². The lowest BCUT2D eigenvalue weighted by Gasteiger charge is -2.14. The first-order valence-corrected chi connectivity index (χ1v) is 8.04. The normalized spacial score (nSPS) is 12.0. The second-order valence-electron chi connectivity index (χ2n) is 5.30. The lowest BCUT2D eigenvalue weighted by molar-refractivity contribution is -0.133. The van der Waals surface area contributed by atoms with E-state index in [-0.39, 0.29) is 11.6 Å². The van der Waals surface area contributed by atoms with Gasteiger partial charge in [0.1, 0.15) is 11.7 Å². The monoisotopic (exact) mass is 343 g/mol. The summed E-state index contributed by atoms with van der Waals surface area (Å²) in [4.78, 5) is 23.5. The molecule has 1 aromatic rings. The summed E-state index contributed by atoms with van der Waals surface area (Å²) in [6.07, 6.45) is 1.99. The molecule has 0 heterocycles. The predicted octanol–water partition coefficient (Wildman–Crippen LogP) is 1.98. The Labute approximate surface area is 140 Å². The molecule has 128 valence electrons. The van der Waals surface area contributed by atoms with Crippen LogP contribution in [-0.4, -0.2) is 24.9 Å². The van der Waals surface area contributed by atoms with Gasteiger partial charge in [0.2, 0.25) is 11.8 Å². The highest BCUT2D eigenvalue weighted by Gasteiger charge is 2.23. The molecule has 0 aromatic heterocycles. The summed E-state index contributed by atoms with van der Waals surface area (Å²) >= 11 is 5.76. The fraction of sp³-hybridized carbons (Fsp3) is 0.500. The van der Waals surface area contributed by atoms with Gasteiger partial charge < -0.3 is 16.4 Å². The average molecular weight is 344 g/mol. The first kappa shape index (κ1) is 19.4. The van der Waals surface area contributed by atoms with E-state index in [1.165, 1.54) is 12.1 Å². The molecule has 5 nitrogen and oxygen atoms in total. The van der Waals surface area contributed by atoms with Gasteiger partial charge in [0.05, 0.1) is 0 Å². The fourth-order valence-corrected chi connectivity index (χ4v) is 2.45. The summed E-state index contributed by atoms with van der Waals surface area (Å²) in [5.41, 5.74) is 5.83. The molecule has 7 heteroatoms. The Kier molecular flexibility index (Phi) is 8.58. The Hall–Kier alpha value is -1.66. The predicted molar refractivity (Wildman–Crippen MR) is 88.3 cm³/mol. The minimum Gasteiger partial charge on any atom is -0.369 e. The second kappa shape index (κ2) is 10.2. The van der Waals surface area contributed by atoms with Crippen molar-refractivity contribution in [2.24, 2.45) is 11.7 Å². The number of rotatable bonds is 10. The van der Waals surface area contributed by atoms with Gasteiger partial charge in [-0.3, -0.25) is 9.59 Å². The van der Waals surface area contributed by atoms with E-state index in [1.807, 2.05) is 6.92 Å². The SMILES string of the molecule is CCNCCCCC(C(N)=O)C(=O)NCc1cc(F)cc(Cl)c1. The van der Waals surface area contributed by atoms with Crippen molar-refractivity contribution < 1.29 is 14.0 Å². The third-order valence-electron chi connectivity index (χ3n) is 3.40. The van der Waals surface area contributed by atoms with Crippen molar-refractivity contribution in [2.75, 3.05) is 13.1 Å². The molecular weight excluding hydrogens is 321 g/mol. The summed E-state index contributed by atoms with van der Waals surface area (Å²) in [7, 11) is 0. The van der Waals surface area contributed by atoms with Crippen molar-refractivity contribution in [3.8, 4) is 0 Å². The summed E-state index contributed by atoms with van der Waals surface area (Å²) in [6, 6.07) is 4.02. The molecule has 0 bridgehead atoms. The first-order chi connectivity index (χ1) is 10.9. The van der Waals surface area contributed by atoms with Crippen molar-refractivity contribution in [3.63, 3.8) is 0 Å². The number of halogens is 2. The van der Waals surface area contributed by atoms with Crippen LogP contribution >= 0.6 is 11.6 Å². The number of carbonyl (C=O) groups excluding carboxylic acids is 2. The largest absolute Gasteiger partial charge is 0.369 e. The van der Waals surface area contributed by atoms with Crippen molar-refractivity contribution in [2.45, 2.75) is 32.7 Å². The summed E-state index contributed by atoms with van der Waals surface area (Å²) in [5, 5.41) is 6.03. The van der Waals surface area contributed by atoms with E-state index >= 15 is 0 Å². The van der Waals surface area contributed by atoms with Gasteiger partial charge in [-0.05, 0) is 49.7 Å². The number of amides is 2. The molecule has 0 aliphatic rings. The molecule has 0 radical (unpaired) electrons. The van der Waals surface area contributed by atoms with Crippen LogP contribution in [0.2, 0.25) is 5.02 Å². The number of nitrogens with one attached hydrogen (secondary N) is 2. The Balaban J connectivity index is 2.49. The van der Waals surface area contributed by atoms with Crippen LogP contribution in [-0.2, 0) is 16.1 Å². The van der Waals surface area contributed by atoms with Crippen LogP contribution in [0.5, 0.6) is 0 Å². The molecule has 1 unspecified atom stereocenters. The number of hydrogen-bond donors (Lipinski definition) is 3. The fourth-order valence-electron chi connectivity index (χ4n) is 2.20. The van der Waals surface area contributed by atoms with Crippen LogP contribution in [0.3, 0.4) is 0 Å². The zero-order valence-corrected chi connectivity index (χ0v) is 14.0. The number of carbonyl (C=O) groups is 2. The van der Waals surface area contributed by atoms with E-state index in [9.17, 15) is 14.0 Å². The van der Waals surface area contributed by atoms with Crippen molar-refractivity contribution >= 4 is 23.4 Å². The van der Waals surface area contributed by atoms with Crippen molar-refractivity contribution in [3.05, 3.63) is 34.6 Å². The third-order valence-corrected chi connectivity index (χ3v) is 3.61. The van der Waals surface area contributed by atoms with Crippen LogP contribution in [0.1, 0.15) is 31.7 Å². The van der Waals surface area contributed by atoms with Crippen LogP contribution in [0.15, 0.2) is 18.2 Å². The van der Waals surface area contributed by atoms with Gasteiger partial charge in [-0.15, -0.1) is 0 Å². The Morgan fingerprint density at radius 2 is 2.04 bits per heavy atom. The molecule has 0 aliphatic heterocycles. The lowest BCUT2D eigenvalue weighted by atomic mass is 10.00. The van der Waals surface area contributed by atoms with Gasteiger partial charge in [-0.1, -0.05) is 24.9 Å². The van der Waals surface area contributed by atoms with E-state index in [4.69, 9.17) is 17.3 Å². The lowest BCUT2D eigenvalue weighted by Crippen LogP contribution is -2.38. The van der Waals surface area contributed by atoms with Crippen LogP contribution in [0, 0.1) is 11.7 Å². The van der Waals surface area contributed by atoms with Gasteiger partial charge in [0, 0.05) is 11.6 Å². The quantitative estimate of drug-likeness (QED) is 0.448. The second-order valence-corrected chi connectivity index (χ2v) is 5.74. The van der Waals surface area contributed by atoms with E-state index < -0.39 is 23.5 Å². The number of unbranched alkanes of at least 4 members (excludes halogenated alkanes) is 1. The highest BCUT2D eigenvalue weighted by atomic mass is 35.5. The maximum Gasteiger partial charge on any atom is 0.232 e. The molecule has 0 aliphatic carbocycles. The summed E-state index contributed by atoms with van der Waals surface area (Å²) in [5.74, 6) is -2.44. The van der Waals surface area contributed by atoms with Crippen molar-refractivity contribution in [1.82, 2.24) is 10.6 Å². The number of benzene rings is 1. The van der Waals surface area contributed by atoms with Gasteiger partial charge in [-0.2, -0.15) is 0 Å². The van der Waals surface area contributed by atoms with Gasteiger partial charge >= 0.3 is 0 Å². The number of nitrogens with two attached hydrogens (primary N) is 1. The van der Waals surface area contributed by atoms with E-state index in [0.29, 0.717) is 12.0 Å². The minimum atomic E-state index is -0.874. The molecular formula is C16H23ClFN3O2. The van der Waals surface area contributed by atoms with Crippen LogP contribution in [0.4, 0.5) is 4.39 Å². The molecule has 0 saturated heterocycles. The smallest absolute Gasteiger partial charge is 0.232 e. The van der Waals surface area contributed by atoms with Gasteiger partial charge in [0.15, 0.2) is 0 Å².